The van der Waals surface area contributed by atoms with Crippen molar-refractivity contribution in [2.75, 3.05) is 13.7 Å². The number of aliphatic hydroxyl groups excluding tert-OH is 1. The summed E-state index contributed by atoms with van der Waals surface area (Å²) in [5.74, 6) is -2.14. The molecule has 0 spiro atoms. The molecule has 1 aliphatic rings. The summed E-state index contributed by atoms with van der Waals surface area (Å²) < 4.78 is 38.4. The quantitative estimate of drug-likeness (QED) is 0.275. The molecule has 36 heavy (non-hydrogen) atoms. The summed E-state index contributed by atoms with van der Waals surface area (Å²) in [6.07, 6.45) is 0. The third-order valence-corrected chi connectivity index (χ3v) is 6.04. The van der Waals surface area contributed by atoms with Crippen LogP contribution in [0, 0.1) is 18.6 Å². The molecule has 0 radical (unpaired) electrons. The molecule has 0 saturated carbocycles. The molecular formula is C28H25F2NO5. The van der Waals surface area contributed by atoms with Gasteiger partial charge in [-0.1, -0.05) is 18.2 Å². The molecule has 186 valence electrons. The molecule has 0 aromatic heterocycles. The normalized spacial score (nSPS) is 16.9. The number of methoxy groups -OCH3 is 1. The van der Waals surface area contributed by atoms with Crippen molar-refractivity contribution in [1.29, 1.82) is 0 Å². The minimum absolute atomic E-state index is 0.00918. The molecule has 4 rings (SSSR count). The van der Waals surface area contributed by atoms with Gasteiger partial charge in [0.25, 0.3) is 11.7 Å². The zero-order chi connectivity index (χ0) is 26.0. The lowest BCUT2D eigenvalue weighted by atomic mass is 9.94. The number of amides is 1. The van der Waals surface area contributed by atoms with Crippen molar-refractivity contribution in [3.05, 3.63) is 100 Å². The van der Waals surface area contributed by atoms with Crippen molar-refractivity contribution in [3.63, 3.8) is 0 Å². The highest BCUT2D eigenvalue weighted by Gasteiger charge is 2.46. The van der Waals surface area contributed by atoms with E-state index in [2.05, 4.69) is 0 Å². The minimum Gasteiger partial charge on any atom is -0.507 e. The molecule has 0 bridgehead atoms. The Balaban J connectivity index is 1.90. The highest BCUT2D eigenvalue weighted by atomic mass is 19.1. The number of hydrogen-bond acceptors (Lipinski definition) is 5. The molecule has 1 heterocycles. The standard InChI is InChI=1S/C28H25F2NO5/c1-4-36-23-14-18(8-12-22(23)35-3)25-24(26(32)19-7-11-21(30)16(2)13-19)27(33)28(34)31(25)15-17-5-9-20(29)10-6-17/h5-14,25,32H,4,15H2,1-3H3/b26-24-. The Morgan fingerprint density at radius 3 is 2.36 bits per heavy atom. The maximum Gasteiger partial charge on any atom is 0.295 e. The van der Waals surface area contributed by atoms with Crippen molar-refractivity contribution in [1.82, 2.24) is 4.90 Å². The summed E-state index contributed by atoms with van der Waals surface area (Å²) in [4.78, 5) is 27.8. The number of likely N-dealkylation sites (tertiary alicyclic amines) is 1. The molecule has 1 unspecified atom stereocenters. The number of benzene rings is 3. The maximum absolute atomic E-state index is 13.9. The first kappa shape index (κ1) is 24.9. The van der Waals surface area contributed by atoms with Gasteiger partial charge in [-0.15, -0.1) is 0 Å². The van der Waals surface area contributed by atoms with Gasteiger partial charge in [0.15, 0.2) is 11.5 Å². The Morgan fingerprint density at radius 1 is 1.00 bits per heavy atom. The molecule has 8 heteroatoms. The molecule has 0 aliphatic carbocycles. The summed E-state index contributed by atoms with van der Waals surface area (Å²) >= 11 is 0. The van der Waals surface area contributed by atoms with Gasteiger partial charge in [0, 0.05) is 12.1 Å². The van der Waals surface area contributed by atoms with Crippen LogP contribution < -0.4 is 9.47 Å². The minimum atomic E-state index is -0.981. The molecule has 1 atom stereocenters. The van der Waals surface area contributed by atoms with Gasteiger partial charge in [-0.2, -0.15) is 0 Å². The number of carbonyl (C=O) groups excluding carboxylic acids is 2. The topological polar surface area (TPSA) is 76.1 Å². The Morgan fingerprint density at radius 2 is 1.72 bits per heavy atom. The van der Waals surface area contributed by atoms with E-state index < -0.39 is 35.1 Å². The summed E-state index contributed by atoms with van der Waals surface area (Å²) in [7, 11) is 1.50. The van der Waals surface area contributed by atoms with Gasteiger partial charge in [0.05, 0.1) is 25.3 Å². The van der Waals surface area contributed by atoms with Gasteiger partial charge in [-0.05, 0) is 73.0 Å². The monoisotopic (exact) mass is 493 g/mol. The number of halogens is 2. The first-order chi connectivity index (χ1) is 17.2. The highest BCUT2D eigenvalue weighted by molar-refractivity contribution is 6.46. The van der Waals surface area contributed by atoms with E-state index in [1.807, 2.05) is 6.92 Å². The van der Waals surface area contributed by atoms with Gasteiger partial charge in [0.2, 0.25) is 0 Å². The Labute approximate surface area is 207 Å². The maximum atomic E-state index is 13.9. The Hall–Kier alpha value is -4.20. The molecule has 1 N–H and O–H groups in total. The molecule has 6 nitrogen and oxygen atoms in total. The number of aryl methyl sites for hydroxylation is 1. The average Bonchev–Trinajstić information content (AvgIpc) is 3.11. The first-order valence-electron chi connectivity index (χ1n) is 11.3. The molecule has 1 fully saturated rings. The van der Waals surface area contributed by atoms with Crippen LogP contribution in [0.1, 0.15) is 35.2 Å². The molecule has 3 aromatic carbocycles. The second kappa shape index (κ2) is 10.2. The van der Waals surface area contributed by atoms with Crippen molar-refractivity contribution in [3.8, 4) is 11.5 Å². The van der Waals surface area contributed by atoms with Crippen LogP contribution in [0.2, 0.25) is 0 Å². The second-order valence-electron chi connectivity index (χ2n) is 8.36. The molecular weight excluding hydrogens is 468 g/mol. The van der Waals surface area contributed by atoms with Crippen LogP contribution >= 0.6 is 0 Å². The fourth-order valence-corrected chi connectivity index (χ4v) is 4.26. The van der Waals surface area contributed by atoms with Crippen LogP contribution in [-0.4, -0.2) is 35.4 Å². The molecule has 1 amide bonds. The number of nitrogens with zero attached hydrogens (tertiary/aromatic N) is 1. The van der Waals surface area contributed by atoms with Gasteiger partial charge < -0.3 is 19.5 Å². The predicted molar refractivity (Wildman–Crippen MR) is 130 cm³/mol. The smallest absolute Gasteiger partial charge is 0.295 e. The van der Waals surface area contributed by atoms with Crippen LogP contribution in [0.5, 0.6) is 11.5 Å². The summed E-state index contributed by atoms with van der Waals surface area (Å²) in [6.45, 7) is 3.69. The van der Waals surface area contributed by atoms with Crippen molar-refractivity contribution < 1.29 is 33.0 Å². The fourth-order valence-electron chi connectivity index (χ4n) is 4.26. The Kier molecular flexibility index (Phi) is 7.05. The van der Waals surface area contributed by atoms with E-state index in [1.165, 1.54) is 61.4 Å². The number of hydrogen-bond donors (Lipinski definition) is 1. The number of ether oxygens (including phenoxy) is 2. The largest absolute Gasteiger partial charge is 0.507 e. The third-order valence-electron chi connectivity index (χ3n) is 6.04. The van der Waals surface area contributed by atoms with Gasteiger partial charge in [-0.3, -0.25) is 9.59 Å². The van der Waals surface area contributed by atoms with E-state index in [-0.39, 0.29) is 23.2 Å². The molecule has 3 aromatic rings. The lowest BCUT2D eigenvalue weighted by Gasteiger charge is -2.26. The molecule has 1 saturated heterocycles. The van der Waals surface area contributed by atoms with Gasteiger partial charge >= 0.3 is 0 Å². The van der Waals surface area contributed by atoms with Gasteiger partial charge in [-0.25, -0.2) is 8.78 Å². The number of rotatable bonds is 7. The number of ketones is 1. The lowest BCUT2D eigenvalue weighted by molar-refractivity contribution is -0.140. The van der Waals surface area contributed by atoms with Crippen molar-refractivity contribution in [2.24, 2.45) is 0 Å². The zero-order valence-corrected chi connectivity index (χ0v) is 20.0. The van der Waals surface area contributed by atoms with E-state index in [9.17, 15) is 23.5 Å². The van der Waals surface area contributed by atoms with Crippen molar-refractivity contribution in [2.45, 2.75) is 26.4 Å². The SMILES string of the molecule is CCOc1cc(C2/C(=C(/O)c3ccc(F)c(C)c3)C(=O)C(=O)N2Cc2ccc(F)cc2)ccc1OC. The first-order valence-corrected chi connectivity index (χ1v) is 11.3. The lowest BCUT2D eigenvalue weighted by Crippen LogP contribution is -2.29. The number of Topliss-reactive ketones (excluding diaryl/α,β-unsaturated/α-hetero) is 1. The van der Waals surface area contributed by atoms with Crippen molar-refractivity contribution >= 4 is 17.4 Å². The van der Waals surface area contributed by atoms with Crippen LogP contribution in [-0.2, 0) is 16.1 Å². The predicted octanol–water partition coefficient (Wildman–Crippen LogP) is 5.30. The van der Waals surface area contributed by atoms with E-state index >= 15 is 0 Å². The van der Waals surface area contributed by atoms with Crippen LogP contribution in [0.15, 0.2) is 66.2 Å². The fraction of sp³-hybridized carbons (Fsp3) is 0.214. The Bertz CT molecular complexity index is 1350. The molecule has 1 aliphatic heterocycles. The van der Waals surface area contributed by atoms with Gasteiger partial charge in [0.1, 0.15) is 17.4 Å². The summed E-state index contributed by atoms with van der Waals surface area (Å²) in [5, 5.41) is 11.2. The van der Waals surface area contributed by atoms with E-state index in [0.29, 0.717) is 29.2 Å². The zero-order valence-electron chi connectivity index (χ0n) is 20.0. The second-order valence-corrected chi connectivity index (χ2v) is 8.36. The number of carbonyl (C=O) groups is 2. The average molecular weight is 494 g/mol. The van der Waals surface area contributed by atoms with Crippen LogP contribution in [0.25, 0.3) is 5.76 Å². The van der Waals surface area contributed by atoms with Crippen LogP contribution in [0.3, 0.4) is 0 Å². The highest BCUT2D eigenvalue weighted by Crippen LogP contribution is 2.42. The number of aliphatic hydroxyl groups is 1. The summed E-state index contributed by atoms with van der Waals surface area (Å²) in [6, 6.07) is 13.5. The van der Waals surface area contributed by atoms with Crippen LogP contribution in [0.4, 0.5) is 8.78 Å². The van der Waals surface area contributed by atoms with E-state index in [1.54, 1.807) is 18.2 Å². The summed E-state index contributed by atoms with van der Waals surface area (Å²) in [5.41, 5.74) is 1.44. The van der Waals surface area contributed by atoms with E-state index in [4.69, 9.17) is 9.47 Å². The third kappa shape index (κ3) is 4.66. The van der Waals surface area contributed by atoms with E-state index in [0.717, 1.165) is 0 Å².